The Labute approximate surface area is 303 Å². The average Bonchev–Trinajstić information content (AvgIpc) is 3.16. The number of fused-ring (bicyclic) bond motifs is 4. The first kappa shape index (κ1) is 33.6. The van der Waals surface area contributed by atoms with E-state index in [1.165, 1.54) is 0 Å². The van der Waals surface area contributed by atoms with Gasteiger partial charge in [-0.2, -0.15) is 0 Å². The van der Waals surface area contributed by atoms with Gasteiger partial charge in [0.15, 0.2) is 0 Å². The van der Waals surface area contributed by atoms with Gasteiger partial charge >= 0.3 is 0 Å². The number of hydrogen-bond donors (Lipinski definition) is 2. The van der Waals surface area contributed by atoms with Crippen LogP contribution in [0, 0.1) is 0 Å². The Kier molecular flexibility index (Phi) is 10.4. The molecule has 0 saturated carbocycles. The Morgan fingerprint density at radius 3 is 1.06 bits per heavy atom. The van der Waals surface area contributed by atoms with Crippen LogP contribution in [0.5, 0.6) is 11.5 Å². The molecule has 8 aromatic rings. The molecule has 2 heterocycles. The summed E-state index contributed by atoms with van der Waals surface area (Å²) in [6.45, 7) is 1.30. The van der Waals surface area contributed by atoms with Crippen molar-refractivity contribution in [3.8, 4) is 11.5 Å². The largest absolute Gasteiger partial charge is 0.491 e. The molecule has 0 radical (unpaired) electrons. The number of anilines is 4. The van der Waals surface area contributed by atoms with E-state index in [0.29, 0.717) is 13.2 Å². The lowest BCUT2D eigenvalue weighted by Crippen LogP contribution is -2.03. The minimum absolute atomic E-state index is 0. The molecule has 8 rings (SSSR count). The van der Waals surface area contributed by atoms with Crippen LogP contribution in [0.4, 0.5) is 22.7 Å². The van der Waals surface area contributed by atoms with Crippen molar-refractivity contribution in [3.63, 3.8) is 0 Å². The first-order chi connectivity index (χ1) is 24.8. The summed E-state index contributed by atoms with van der Waals surface area (Å²) in [5, 5.41) is 11.7. The van der Waals surface area contributed by atoms with Crippen molar-refractivity contribution in [2.24, 2.45) is 0 Å². The third-order valence-electron chi connectivity index (χ3n) is 9.02. The van der Waals surface area contributed by atoms with Crippen LogP contribution in [0.15, 0.2) is 146 Å². The summed E-state index contributed by atoms with van der Waals surface area (Å²) in [4.78, 5) is 9.73. The number of rotatable bonds is 13. The van der Waals surface area contributed by atoms with Crippen molar-refractivity contribution in [2.45, 2.75) is 25.7 Å². The number of nitrogens with one attached hydrogen (secondary N) is 2. The van der Waals surface area contributed by atoms with E-state index in [4.69, 9.17) is 19.4 Å². The number of pyridine rings is 2. The maximum atomic E-state index is 6.32. The zero-order valence-electron chi connectivity index (χ0n) is 28.2. The van der Waals surface area contributed by atoms with Gasteiger partial charge in [0.05, 0.1) is 58.0 Å². The second-order valence-corrected chi connectivity index (χ2v) is 12.4. The molecular formula is C44H39ClN4O2. The van der Waals surface area contributed by atoms with Gasteiger partial charge in [0.25, 0.3) is 0 Å². The summed E-state index contributed by atoms with van der Waals surface area (Å²) in [6, 6.07) is 49.3. The molecule has 2 N–H and O–H groups in total. The Morgan fingerprint density at radius 2 is 0.686 bits per heavy atom. The summed E-state index contributed by atoms with van der Waals surface area (Å²) in [5.74, 6) is 1.69. The molecule has 0 bridgehead atoms. The van der Waals surface area contributed by atoms with Crippen LogP contribution < -0.4 is 20.1 Å². The minimum atomic E-state index is 0. The number of halogens is 1. The molecule has 0 saturated heterocycles. The van der Waals surface area contributed by atoms with E-state index in [1.807, 2.05) is 60.7 Å². The number of benzene rings is 6. The molecule has 0 unspecified atom stereocenters. The van der Waals surface area contributed by atoms with E-state index < -0.39 is 0 Å². The van der Waals surface area contributed by atoms with E-state index in [2.05, 4.69) is 95.6 Å². The van der Waals surface area contributed by atoms with Crippen LogP contribution >= 0.6 is 12.4 Å². The maximum absolute atomic E-state index is 6.32. The van der Waals surface area contributed by atoms with Crippen LogP contribution in [0.2, 0.25) is 0 Å². The molecule has 7 heteroatoms. The second-order valence-electron chi connectivity index (χ2n) is 12.4. The lowest BCUT2D eigenvalue weighted by atomic mass is 10.1. The molecule has 254 valence electrons. The summed E-state index contributed by atoms with van der Waals surface area (Å²) < 4.78 is 12.6. The van der Waals surface area contributed by atoms with Crippen molar-refractivity contribution in [3.05, 3.63) is 146 Å². The van der Waals surface area contributed by atoms with Gasteiger partial charge in [-0.15, -0.1) is 12.4 Å². The monoisotopic (exact) mass is 690 g/mol. The van der Waals surface area contributed by atoms with Gasteiger partial charge in [-0.25, -0.2) is 9.97 Å². The van der Waals surface area contributed by atoms with Gasteiger partial charge in [-0.05, 0) is 74.2 Å². The summed E-state index contributed by atoms with van der Waals surface area (Å²) in [5.41, 5.74) is 7.84. The molecule has 6 nitrogen and oxygen atoms in total. The van der Waals surface area contributed by atoms with Gasteiger partial charge in [0.2, 0.25) is 0 Å². The number of hydrogen-bond acceptors (Lipinski definition) is 6. The number of unbranched alkanes of at least 4 members (excludes halogenated alkanes) is 3. The summed E-state index contributed by atoms with van der Waals surface area (Å²) in [7, 11) is 0. The van der Waals surface area contributed by atoms with Crippen molar-refractivity contribution < 1.29 is 9.47 Å². The Hall–Kier alpha value is -5.85. The minimum Gasteiger partial charge on any atom is -0.491 e. The van der Waals surface area contributed by atoms with Crippen LogP contribution in [0.3, 0.4) is 0 Å². The predicted molar refractivity (Wildman–Crippen MR) is 215 cm³/mol. The van der Waals surface area contributed by atoms with E-state index in [0.717, 1.165) is 104 Å². The lowest BCUT2D eigenvalue weighted by Gasteiger charge is -2.17. The maximum Gasteiger partial charge on any atom is 0.142 e. The molecule has 2 aromatic heterocycles. The Bertz CT molecular complexity index is 2150. The number of nitrogens with zero attached hydrogens (tertiary/aromatic N) is 2. The number of aromatic nitrogens is 2. The van der Waals surface area contributed by atoms with Crippen LogP contribution in [-0.2, 0) is 0 Å². The first-order valence-corrected chi connectivity index (χ1v) is 17.3. The third-order valence-corrected chi connectivity index (χ3v) is 9.02. The molecule has 0 aliphatic carbocycles. The second kappa shape index (κ2) is 15.8. The zero-order chi connectivity index (χ0) is 33.5. The molecule has 51 heavy (non-hydrogen) atoms. The van der Waals surface area contributed by atoms with Gasteiger partial charge in [-0.1, -0.05) is 97.1 Å². The summed E-state index contributed by atoms with van der Waals surface area (Å²) >= 11 is 0. The number of ether oxygens (including phenoxy) is 2. The lowest BCUT2D eigenvalue weighted by molar-refractivity contribution is 0.289. The molecule has 0 aliphatic heterocycles. The van der Waals surface area contributed by atoms with Crippen LogP contribution in [0.25, 0.3) is 43.6 Å². The molecule has 6 aromatic carbocycles. The quantitative estimate of drug-likeness (QED) is 0.0927. The molecule has 0 spiro atoms. The normalized spacial score (nSPS) is 11.1. The molecule has 0 aliphatic rings. The smallest absolute Gasteiger partial charge is 0.142 e. The highest BCUT2D eigenvalue weighted by Crippen LogP contribution is 2.37. The fraction of sp³-hybridized carbons (Fsp3) is 0.136. The number of para-hydroxylation sites is 8. The zero-order valence-corrected chi connectivity index (χ0v) is 29.0. The molecular weight excluding hydrogens is 652 g/mol. The third kappa shape index (κ3) is 7.37. The first-order valence-electron chi connectivity index (χ1n) is 17.3. The van der Waals surface area contributed by atoms with E-state index in [1.54, 1.807) is 0 Å². The van der Waals surface area contributed by atoms with E-state index >= 15 is 0 Å². The highest BCUT2D eigenvalue weighted by Gasteiger charge is 2.13. The molecule has 0 atom stereocenters. The van der Waals surface area contributed by atoms with Gasteiger partial charge in [0.1, 0.15) is 11.5 Å². The Balaban J connectivity index is 0.00000406. The average molecular weight is 691 g/mol. The van der Waals surface area contributed by atoms with E-state index in [-0.39, 0.29) is 12.4 Å². The van der Waals surface area contributed by atoms with Crippen molar-refractivity contribution in [1.82, 2.24) is 9.97 Å². The van der Waals surface area contributed by atoms with Crippen molar-refractivity contribution in [2.75, 3.05) is 23.8 Å². The van der Waals surface area contributed by atoms with Gasteiger partial charge < -0.3 is 20.1 Å². The SMILES string of the molecule is Cl.c1ccc(OCCCCCCOc2ccccc2Nc2c3ccccc3nc3ccccc23)c(Nc2c3ccccc3nc3ccccc23)c1. The highest BCUT2D eigenvalue weighted by molar-refractivity contribution is 6.10. The predicted octanol–water partition coefficient (Wildman–Crippen LogP) is 12.0. The molecule has 0 amide bonds. The Morgan fingerprint density at radius 1 is 0.373 bits per heavy atom. The topological polar surface area (TPSA) is 68.3 Å². The fourth-order valence-electron chi connectivity index (χ4n) is 6.53. The highest BCUT2D eigenvalue weighted by atomic mass is 35.5. The summed E-state index contributed by atoms with van der Waals surface area (Å²) in [6.07, 6.45) is 4.06. The molecule has 0 fully saturated rings. The van der Waals surface area contributed by atoms with Crippen LogP contribution in [-0.4, -0.2) is 23.2 Å². The van der Waals surface area contributed by atoms with Gasteiger partial charge in [-0.3, -0.25) is 0 Å². The standard InChI is InChI=1S/C44H38N4O2.ClH/c1(15-29-49-41-27-13-11-25-39(41)47-43-31-17-3-7-21-35(31)45-36-22-8-4-18-32(36)43)2-16-30-50-42-28-14-12-26-40(42)48-44-33-19-5-9-23-37(33)46-38-24-10-6-20-34(38)44;/h3-14,17-28H,1-2,15-16,29-30H2,(H,45,47)(H,46,48);1H. The van der Waals surface area contributed by atoms with Crippen molar-refractivity contribution >= 4 is 78.8 Å². The van der Waals surface area contributed by atoms with E-state index in [9.17, 15) is 0 Å². The van der Waals surface area contributed by atoms with Gasteiger partial charge in [0, 0.05) is 21.5 Å². The fourth-order valence-corrected chi connectivity index (χ4v) is 6.53. The van der Waals surface area contributed by atoms with Crippen molar-refractivity contribution in [1.29, 1.82) is 0 Å². The van der Waals surface area contributed by atoms with Crippen LogP contribution in [0.1, 0.15) is 25.7 Å².